The molecule has 2 N–H and O–H groups in total. The molecule has 0 aromatic heterocycles. The van der Waals surface area contributed by atoms with Crippen molar-refractivity contribution in [3.8, 4) is 5.75 Å². The first-order chi connectivity index (χ1) is 12.4. The second kappa shape index (κ2) is 9.78. The van der Waals surface area contributed by atoms with Crippen molar-refractivity contribution in [1.29, 1.82) is 0 Å². The first-order valence-electron chi connectivity index (χ1n) is 9.06. The van der Waals surface area contributed by atoms with Crippen LogP contribution >= 0.6 is 11.6 Å². The number of halogens is 1. The summed E-state index contributed by atoms with van der Waals surface area (Å²) in [5.41, 5.74) is 1.02. The third-order valence-electron chi connectivity index (χ3n) is 4.36. The molecule has 6 nitrogen and oxygen atoms in total. The summed E-state index contributed by atoms with van der Waals surface area (Å²) in [6.45, 7) is 5.45. The van der Waals surface area contributed by atoms with E-state index in [4.69, 9.17) is 16.3 Å². The molecule has 0 saturated heterocycles. The van der Waals surface area contributed by atoms with Gasteiger partial charge in [-0.25, -0.2) is 0 Å². The molecule has 1 aliphatic rings. The molecule has 26 heavy (non-hydrogen) atoms. The molecule has 144 valence electrons. The number of nitrogens with zero attached hydrogens (tertiary/aromatic N) is 1. The summed E-state index contributed by atoms with van der Waals surface area (Å²) in [5, 5.41) is 6.64. The largest absolute Gasteiger partial charge is 0.492 e. The summed E-state index contributed by atoms with van der Waals surface area (Å²) in [6, 6.07) is 5.27. The van der Waals surface area contributed by atoms with Crippen LogP contribution in [-0.2, 0) is 9.59 Å². The van der Waals surface area contributed by atoms with Gasteiger partial charge in [0, 0.05) is 25.2 Å². The minimum absolute atomic E-state index is 0.0438. The highest BCUT2D eigenvalue weighted by Crippen LogP contribution is 2.33. The molecule has 1 saturated carbocycles. The molecule has 0 heterocycles. The Hall–Kier alpha value is -1.79. The Bertz CT molecular complexity index is 634. The summed E-state index contributed by atoms with van der Waals surface area (Å²) in [5.74, 6) is 0.907. The highest BCUT2D eigenvalue weighted by atomic mass is 35.5. The molecular weight excluding hydrogens is 354 g/mol. The molecule has 2 amide bonds. The average molecular weight is 382 g/mol. The van der Waals surface area contributed by atoms with Crippen LogP contribution in [0.25, 0.3) is 0 Å². The molecule has 0 spiro atoms. The Kier molecular flexibility index (Phi) is 7.72. The molecule has 1 unspecified atom stereocenters. The van der Waals surface area contributed by atoms with Crippen LogP contribution in [-0.4, -0.2) is 56.0 Å². The zero-order valence-electron chi connectivity index (χ0n) is 15.7. The molecule has 1 aromatic carbocycles. The van der Waals surface area contributed by atoms with Crippen LogP contribution in [0.15, 0.2) is 18.2 Å². The van der Waals surface area contributed by atoms with Gasteiger partial charge in [-0.3, -0.25) is 9.59 Å². The van der Waals surface area contributed by atoms with E-state index in [0.717, 1.165) is 24.2 Å². The Morgan fingerprint density at radius 2 is 2.12 bits per heavy atom. The van der Waals surface area contributed by atoms with Crippen LogP contribution in [0.3, 0.4) is 0 Å². The SMILES string of the molecule is CCNC(=O)CN(C)C(=O)C(NCCOc1cc(Cl)ccc1C)C1CC1. The maximum Gasteiger partial charge on any atom is 0.240 e. The second-order valence-corrected chi connectivity index (χ2v) is 7.11. The van der Waals surface area contributed by atoms with Gasteiger partial charge in [0.05, 0.1) is 12.6 Å². The number of aryl methyl sites for hydroxylation is 1. The van der Waals surface area contributed by atoms with Crippen LogP contribution in [0, 0.1) is 12.8 Å². The van der Waals surface area contributed by atoms with Gasteiger partial charge < -0.3 is 20.3 Å². The molecular formula is C19H28ClN3O3. The fourth-order valence-electron chi connectivity index (χ4n) is 2.77. The lowest BCUT2D eigenvalue weighted by molar-refractivity contribution is -0.136. The normalized spacial score (nSPS) is 14.6. The zero-order chi connectivity index (χ0) is 19.1. The molecule has 0 aliphatic heterocycles. The maximum absolute atomic E-state index is 12.7. The Morgan fingerprint density at radius 1 is 1.38 bits per heavy atom. The fraction of sp³-hybridized carbons (Fsp3) is 0.579. The smallest absolute Gasteiger partial charge is 0.240 e. The van der Waals surface area contributed by atoms with Gasteiger partial charge >= 0.3 is 0 Å². The number of nitrogens with one attached hydrogen (secondary N) is 2. The van der Waals surface area contributed by atoms with Crippen molar-refractivity contribution in [1.82, 2.24) is 15.5 Å². The lowest BCUT2D eigenvalue weighted by Crippen LogP contribution is -2.49. The van der Waals surface area contributed by atoms with Gasteiger partial charge in [0.25, 0.3) is 0 Å². The summed E-state index contributed by atoms with van der Waals surface area (Å²) >= 11 is 5.99. The first-order valence-corrected chi connectivity index (χ1v) is 9.44. The summed E-state index contributed by atoms with van der Waals surface area (Å²) in [4.78, 5) is 25.8. The number of rotatable bonds is 10. The molecule has 1 fully saturated rings. The van der Waals surface area contributed by atoms with Gasteiger partial charge in [-0.15, -0.1) is 0 Å². The highest BCUT2D eigenvalue weighted by Gasteiger charge is 2.37. The van der Waals surface area contributed by atoms with Crippen LogP contribution < -0.4 is 15.4 Å². The molecule has 1 aromatic rings. The zero-order valence-corrected chi connectivity index (χ0v) is 16.4. The Labute approximate surface area is 160 Å². The topological polar surface area (TPSA) is 70.7 Å². The van der Waals surface area contributed by atoms with Gasteiger partial charge in [-0.1, -0.05) is 17.7 Å². The van der Waals surface area contributed by atoms with Crippen LogP contribution in [0.1, 0.15) is 25.3 Å². The number of hydrogen-bond donors (Lipinski definition) is 2. The third kappa shape index (κ3) is 6.18. The van der Waals surface area contributed by atoms with Gasteiger partial charge in [-0.05, 0) is 50.3 Å². The van der Waals surface area contributed by atoms with Crippen LogP contribution in [0.5, 0.6) is 5.75 Å². The van der Waals surface area contributed by atoms with Gasteiger partial charge in [0.2, 0.25) is 11.8 Å². The summed E-state index contributed by atoms with van der Waals surface area (Å²) in [7, 11) is 1.67. The molecule has 0 radical (unpaired) electrons. The van der Waals surface area contributed by atoms with E-state index in [9.17, 15) is 9.59 Å². The number of ether oxygens (including phenoxy) is 1. The molecule has 2 rings (SSSR count). The van der Waals surface area contributed by atoms with Crippen LogP contribution in [0.2, 0.25) is 5.02 Å². The van der Waals surface area contributed by atoms with E-state index in [1.807, 2.05) is 26.0 Å². The fourth-order valence-corrected chi connectivity index (χ4v) is 2.94. The lowest BCUT2D eigenvalue weighted by atomic mass is 10.1. The lowest BCUT2D eigenvalue weighted by Gasteiger charge is -2.24. The minimum Gasteiger partial charge on any atom is -0.492 e. The van der Waals surface area contributed by atoms with Crippen molar-refractivity contribution in [2.24, 2.45) is 5.92 Å². The van der Waals surface area contributed by atoms with E-state index in [2.05, 4.69) is 10.6 Å². The number of likely N-dealkylation sites (N-methyl/N-ethyl adjacent to an activating group) is 2. The molecule has 0 bridgehead atoms. The number of amides is 2. The Balaban J connectivity index is 1.81. The minimum atomic E-state index is -0.265. The number of carbonyl (C=O) groups excluding carboxylic acids is 2. The monoisotopic (exact) mass is 381 g/mol. The second-order valence-electron chi connectivity index (χ2n) is 6.68. The van der Waals surface area contributed by atoms with Gasteiger partial charge in [0.15, 0.2) is 0 Å². The van der Waals surface area contributed by atoms with E-state index >= 15 is 0 Å². The summed E-state index contributed by atoms with van der Waals surface area (Å²) < 4.78 is 5.77. The summed E-state index contributed by atoms with van der Waals surface area (Å²) in [6.07, 6.45) is 2.07. The van der Waals surface area contributed by atoms with E-state index < -0.39 is 0 Å². The number of hydrogen-bond acceptors (Lipinski definition) is 4. The Morgan fingerprint density at radius 3 is 2.77 bits per heavy atom. The standard InChI is InChI=1S/C19H28ClN3O3/c1-4-21-17(24)12-23(3)19(25)18(14-6-7-14)22-9-10-26-16-11-15(20)8-5-13(16)2/h5,8,11,14,18,22H,4,6-7,9-10,12H2,1-3H3,(H,21,24). The number of benzene rings is 1. The number of carbonyl (C=O) groups is 2. The van der Waals surface area contributed by atoms with E-state index in [1.54, 1.807) is 13.1 Å². The van der Waals surface area contributed by atoms with E-state index in [0.29, 0.717) is 30.6 Å². The average Bonchev–Trinajstić information content (AvgIpc) is 3.42. The van der Waals surface area contributed by atoms with Crippen molar-refractivity contribution in [3.05, 3.63) is 28.8 Å². The van der Waals surface area contributed by atoms with Crippen molar-refractivity contribution in [2.45, 2.75) is 32.7 Å². The van der Waals surface area contributed by atoms with Crippen molar-refractivity contribution >= 4 is 23.4 Å². The molecule has 1 aliphatic carbocycles. The maximum atomic E-state index is 12.7. The quantitative estimate of drug-likeness (QED) is 0.608. The highest BCUT2D eigenvalue weighted by molar-refractivity contribution is 6.30. The van der Waals surface area contributed by atoms with Crippen molar-refractivity contribution in [3.63, 3.8) is 0 Å². The van der Waals surface area contributed by atoms with E-state index in [-0.39, 0.29) is 24.4 Å². The van der Waals surface area contributed by atoms with Crippen LogP contribution in [0.4, 0.5) is 0 Å². The van der Waals surface area contributed by atoms with Gasteiger partial charge in [-0.2, -0.15) is 0 Å². The molecule has 7 heteroatoms. The predicted octanol–water partition coefficient (Wildman–Crippen LogP) is 1.99. The first kappa shape index (κ1) is 20.5. The predicted molar refractivity (Wildman–Crippen MR) is 103 cm³/mol. The van der Waals surface area contributed by atoms with Crippen molar-refractivity contribution < 1.29 is 14.3 Å². The third-order valence-corrected chi connectivity index (χ3v) is 4.60. The molecule has 1 atom stereocenters. The van der Waals surface area contributed by atoms with Gasteiger partial charge in [0.1, 0.15) is 12.4 Å². The van der Waals surface area contributed by atoms with Crippen molar-refractivity contribution in [2.75, 3.05) is 33.3 Å². The van der Waals surface area contributed by atoms with E-state index in [1.165, 1.54) is 4.90 Å².